The maximum atomic E-state index is 11.9. The molecule has 0 radical (unpaired) electrons. The van der Waals surface area contributed by atoms with Gasteiger partial charge in [-0.2, -0.15) is 0 Å². The third kappa shape index (κ3) is 5.16. The van der Waals surface area contributed by atoms with Crippen LogP contribution in [0.5, 0.6) is 0 Å². The lowest BCUT2D eigenvalue weighted by atomic mass is 10.4. The maximum absolute atomic E-state index is 11.9. The second kappa shape index (κ2) is 7.22. The van der Waals surface area contributed by atoms with Crippen molar-refractivity contribution in [2.75, 3.05) is 19.0 Å². The van der Waals surface area contributed by atoms with Crippen molar-refractivity contribution >= 4 is 33.3 Å². The third-order valence-corrected chi connectivity index (χ3v) is 4.24. The van der Waals surface area contributed by atoms with Gasteiger partial charge in [-0.05, 0) is 12.1 Å². The van der Waals surface area contributed by atoms with E-state index in [2.05, 4.69) is 10.6 Å². The summed E-state index contributed by atoms with van der Waals surface area (Å²) in [5.41, 5.74) is 0. The fourth-order valence-corrected chi connectivity index (χ4v) is 2.98. The third-order valence-electron chi connectivity index (χ3n) is 2.19. The number of benzene rings is 1. The predicted molar refractivity (Wildman–Crippen MR) is 72.2 cm³/mol. The van der Waals surface area contributed by atoms with Crippen LogP contribution in [0.4, 0.5) is 0 Å². The van der Waals surface area contributed by atoms with E-state index in [0.29, 0.717) is 0 Å². The number of carboxylic acid groups (broad SMARTS) is 1. The lowest BCUT2D eigenvalue weighted by molar-refractivity contribution is -0.137. The maximum Gasteiger partial charge on any atom is 0.322 e. The molecule has 0 saturated heterocycles. The van der Waals surface area contributed by atoms with Crippen LogP contribution in [0.1, 0.15) is 0 Å². The highest BCUT2D eigenvalue weighted by atomic mass is 35.5. The number of nitrogens with one attached hydrogen (secondary N) is 2. The van der Waals surface area contributed by atoms with Crippen LogP contribution < -0.4 is 10.6 Å². The first-order valence-electron chi connectivity index (χ1n) is 5.49. The Hall–Kier alpha value is -1.64. The number of amides is 1. The second-order valence-electron chi connectivity index (χ2n) is 3.79. The van der Waals surface area contributed by atoms with Gasteiger partial charge in [0.2, 0.25) is 5.91 Å². The molecular formula is C11H13ClN2O5S. The van der Waals surface area contributed by atoms with Gasteiger partial charge in [-0.15, -0.1) is 0 Å². The van der Waals surface area contributed by atoms with Gasteiger partial charge >= 0.3 is 5.97 Å². The highest BCUT2D eigenvalue weighted by molar-refractivity contribution is 7.91. The van der Waals surface area contributed by atoms with Crippen molar-refractivity contribution in [3.63, 3.8) is 0 Å². The van der Waals surface area contributed by atoms with Gasteiger partial charge in [0.1, 0.15) is 12.4 Å². The molecule has 0 atom stereocenters. The van der Waals surface area contributed by atoms with Crippen LogP contribution in [-0.2, 0) is 19.4 Å². The Bertz CT molecular complexity index is 603. The minimum Gasteiger partial charge on any atom is -0.480 e. The summed E-state index contributed by atoms with van der Waals surface area (Å²) in [4.78, 5) is 21.4. The molecule has 0 bridgehead atoms. The van der Waals surface area contributed by atoms with E-state index < -0.39 is 34.1 Å². The Balaban J connectivity index is 2.51. The molecule has 0 unspecified atom stereocenters. The van der Waals surface area contributed by atoms with Crippen LogP contribution in [-0.4, -0.2) is 44.4 Å². The molecule has 1 rings (SSSR count). The van der Waals surface area contributed by atoms with Crippen molar-refractivity contribution in [2.24, 2.45) is 0 Å². The quantitative estimate of drug-likeness (QED) is 0.644. The van der Waals surface area contributed by atoms with Crippen LogP contribution in [0.25, 0.3) is 0 Å². The van der Waals surface area contributed by atoms with Gasteiger partial charge in [0.25, 0.3) is 0 Å². The number of rotatable bonds is 7. The van der Waals surface area contributed by atoms with Crippen LogP contribution in [0.15, 0.2) is 29.2 Å². The molecule has 9 heteroatoms. The highest BCUT2D eigenvalue weighted by Gasteiger charge is 2.17. The number of carbonyl (C=O) groups excluding carboxylic acids is 1. The van der Waals surface area contributed by atoms with Gasteiger partial charge in [-0.1, -0.05) is 23.7 Å². The summed E-state index contributed by atoms with van der Waals surface area (Å²) >= 11 is 5.78. The Kier molecular flexibility index (Phi) is 5.93. The van der Waals surface area contributed by atoms with Crippen LogP contribution in [0.3, 0.4) is 0 Å². The number of halogens is 1. The zero-order chi connectivity index (χ0) is 15.2. The minimum absolute atomic E-state index is 0.0277. The summed E-state index contributed by atoms with van der Waals surface area (Å²) in [6, 6.07) is 5.96. The van der Waals surface area contributed by atoms with E-state index >= 15 is 0 Å². The number of aliphatic carboxylic acids is 1. The molecule has 7 nitrogen and oxygen atoms in total. The van der Waals surface area contributed by atoms with Gasteiger partial charge in [0.05, 0.1) is 16.5 Å². The second-order valence-corrected chi connectivity index (χ2v) is 6.15. The molecule has 1 aromatic carbocycles. The molecule has 20 heavy (non-hydrogen) atoms. The zero-order valence-electron chi connectivity index (χ0n) is 10.3. The summed E-state index contributed by atoms with van der Waals surface area (Å²) in [5, 5.41) is 13.0. The van der Waals surface area contributed by atoms with E-state index in [9.17, 15) is 18.0 Å². The van der Waals surface area contributed by atoms with Crippen LogP contribution >= 0.6 is 11.6 Å². The zero-order valence-corrected chi connectivity index (χ0v) is 11.9. The van der Waals surface area contributed by atoms with Crippen molar-refractivity contribution in [3.8, 4) is 0 Å². The molecule has 0 aromatic heterocycles. The van der Waals surface area contributed by atoms with Crippen molar-refractivity contribution in [1.82, 2.24) is 10.6 Å². The van der Waals surface area contributed by atoms with E-state index in [-0.39, 0.29) is 16.5 Å². The molecule has 3 N–H and O–H groups in total. The lowest BCUT2D eigenvalue weighted by Gasteiger charge is -2.08. The summed E-state index contributed by atoms with van der Waals surface area (Å²) < 4.78 is 23.9. The minimum atomic E-state index is -3.66. The fourth-order valence-electron chi connectivity index (χ4n) is 1.31. The summed E-state index contributed by atoms with van der Waals surface area (Å²) in [6.45, 7) is -0.825. The number of hydrogen-bond donors (Lipinski definition) is 3. The molecule has 0 heterocycles. The molecule has 0 saturated carbocycles. The van der Waals surface area contributed by atoms with Crippen LogP contribution in [0.2, 0.25) is 5.02 Å². The van der Waals surface area contributed by atoms with E-state index in [0.717, 1.165) is 0 Å². The summed E-state index contributed by atoms with van der Waals surface area (Å²) in [5.74, 6) is -2.26. The van der Waals surface area contributed by atoms with E-state index in [4.69, 9.17) is 16.7 Å². The van der Waals surface area contributed by atoms with Gasteiger partial charge in [0.15, 0.2) is 9.84 Å². The summed E-state index contributed by atoms with van der Waals surface area (Å²) in [6.07, 6.45) is 0. The Labute approximate surface area is 120 Å². The molecule has 0 aliphatic heterocycles. The van der Waals surface area contributed by atoms with Gasteiger partial charge in [-0.3, -0.25) is 14.9 Å². The SMILES string of the molecule is O=C(O)CNC(=O)CNCS(=O)(=O)c1ccccc1Cl. The van der Waals surface area contributed by atoms with Crippen molar-refractivity contribution in [1.29, 1.82) is 0 Å². The normalized spacial score (nSPS) is 11.1. The number of carboxylic acids is 1. The van der Waals surface area contributed by atoms with E-state index in [1.807, 2.05) is 0 Å². The average molecular weight is 321 g/mol. The molecular weight excluding hydrogens is 308 g/mol. The summed E-state index contributed by atoms with van der Waals surface area (Å²) in [7, 11) is -3.66. The molecule has 0 aliphatic rings. The molecule has 1 aromatic rings. The van der Waals surface area contributed by atoms with E-state index in [1.54, 1.807) is 12.1 Å². The molecule has 0 fully saturated rings. The molecule has 0 aliphatic carbocycles. The molecule has 110 valence electrons. The first kappa shape index (κ1) is 16.4. The number of hydrogen-bond acceptors (Lipinski definition) is 5. The van der Waals surface area contributed by atoms with E-state index in [1.165, 1.54) is 12.1 Å². The highest BCUT2D eigenvalue weighted by Crippen LogP contribution is 2.20. The molecule has 0 spiro atoms. The first-order chi connectivity index (χ1) is 9.33. The van der Waals surface area contributed by atoms with Crippen molar-refractivity contribution in [2.45, 2.75) is 4.90 Å². The Morgan fingerprint density at radius 3 is 2.45 bits per heavy atom. The van der Waals surface area contributed by atoms with Gasteiger partial charge in [0, 0.05) is 0 Å². The standard InChI is InChI=1S/C11H13ClN2O5S/c12-8-3-1-2-4-9(8)20(18,19)7-13-5-10(15)14-6-11(16)17/h1-4,13H,5-7H2,(H,14,15)(H,16,17). The van der Waals surface area contributed by atoms with Crippen molar-refractivity contribution < 1.29 is 23.1 Å². The predicted octanol–water partition coefficient (Wildman–Crippen LogP) is -0.138. The lowest BCUT2D eigenvalue weighted by Crippen LogP contribution is -2.38. The first-order valence-corrected chi connectivity index (χ1v) is 7.52. The van der Waals surface area contributed by atoms with Crippen molar-refractivity contribution in [3.05, 3.63) is 29.3 Å². The Morgan fingerprint density at radius 2 is 1.85 bits per heavy atom. The largest absolute Gasteiger partial charge is 0.480 e. The van der Waals surface area contributed by atoms with Gasteiger partial charge < -0.3 is 10.4 Å². The smallest absolute Gasteiger partial charge is 0.322 e. The number of sulfone groups is 1. The fraction of sp³-hybridized carbons (Fsp3) is 0.273. The monoisotopic (exact) mass is 320 g/mol. The van der Waals surface area contributed by atoms with Crippen LogP contribution in [0, 0.1) is 0 Å². The topological polar surface area (TPSA) is 113 Å². The molecule has 1 amide bonds. The average Bonchev–Trinajstić information content (AvgIpc) is 2.36. The number of carbonyl (C=O) groups is 2. The van der Waals surface area contributed by atoms with Gasteiger partial charge in [-0.25, -0.2) is 8.42 Å². The Morgan fingerprint density at radius 1 is 1.20 bits per heavy atom.